The molecule has 3 aromatic carbocycles. The van der Waals surface area contributed by atoms with Crippen LogP contribution in [-0.2, 0) is 57.6 Å². The number of aromatic nitrogens is 3. The number of nitrogens with zero attached hydrogens (tertiary/aromatic N) is 3. The molecule has 6 aromatic rings. The summed E-state index contributed by atoms with van der Waals surface area (Å²) in [5, 5.41) is 22.2. The van der Waals surface area contributed by atoms with E-state index >= 15 is 14.4 Å². The molecule has 3 heterocycles. The van der Waals surface area contributed by atoms with Crippen molar-refractivity contribution in [2.24, 2.45) is 60.8 Å². The summed E-state index contributed by atoms with van der Waals surface area (Å²) < 4.78 is 0. The number of primary amides is 1. The number of nitrogens with two attached hydrogens (primary N) is 8. The summed E-state index contributed by atoms with van der Waals surface area (Å²) in [5.41, 5.74) is 50.1. The van der Waals surface area contributed by atoms with Crippen LogP contribution in [0.1, 0.15) is 133 Å². The zero-order valence-corrected chi connectivity index (χ0v) is 54.9. The standard InChI is InChI=1S/C67H99N21O8/c1-2-3-4-5-6-7-8-30-57(89)76-31-16-15-27-51(58(69)90)83-62(94)55(36-42-39-81-49-25-13-10-21-45(42)49)87-60(92)53(29-19-34-79-67(74)75)85-64(96)56(37-43-40-82-50-26-14-11-22-46(43)50)88-61(93)52(28-18-33-78-66(72)73)84-63(95)54(35-41-38-80-48-24-12-9-20-44(41)48)86-59(91)47(68)23-17-32-77-65(70)71/h9-14,20-22,24-26,38-40,47,51-56,80-82H,2-8,15-19,23,27-37,68H2,1H3,(H2,69,90)(H,76,89)(H,83,94)(H,84,95)(H,85,96)(H,86,91)(H,87,92)(H,88,93)(H4,70,71,77)(H4,72,73,78)(H4,74,75,79)/t47-,51+,52-,53-,54+,55-,56-/m1/s1. The molecule has 0 saturated carbocycles. The molecule has 6 rings (SSSR count). The lowest BCUT2D eigenvalue weighted by Crippen LogP contribution is -2.60. The molecule has 0 aliphatic heterocycles. The van der Waals surface area contributed by atoms with E-state index in [0.29, 0.717) is 48.9 Å². The number of amides is 8. The van der Waals surface area contributed by atoms with Crippen molar-refractivity contribution in [2.75, 3.05) is 26.2 Å². The van der Waals surface area contributed by atoms with Crippen LogP contribution >= 0.6 is 0 Å². The Labute approximate surface area is 558 Å². The molecule has 520 valence electrons. The van der Waals surface area contributed by atoms with Gasteiger partial charge in [0.25, 0.3) is 0 Å². The summed E-state index contributed by atoms with van der Waals surface area (Å²) in [6.45, 7) is 2.83. The molecule has 29 heteroatoms. The number of nitrogens with one attached hydrogen (secondary N) is 10. The van der Waals surface area contributed by atoms with Crippen molar-refractivity contribution >= 4 is 97.8 Å². The topological polar surface area (TPSA) is 513 Å². The Balaban J connectivity index is 1.27. The van der Waals surface area contributed by atoms with E-state index in [1.807, 2.05) is 72.8 Å². The monoisotopic (exact) mass is 1330 g/mol. The van der Waals surface area contributed by atoms with E-state index in [0.717, 1.165) is 58.4 Å². The Bertz CT molecular complexity index is 3600. The highest BCUT2D eigenvalue weighted by Gasteiger charge is 2.35. The van der Waals surface area contributed by atoms with Crippen molar-refractivity contribution in [3.63, 3.8) is 0 Å². The Hall–Kier alpha value is -10.2. The molecule has 8 amide bonds. The van der Waals surface area contributed by atoms with Crippen molar-refractivity contribution in [3.05, 3.63) is 108 Å². The van der Waals surface area contributed by atoms with E-state index in [-0.39, 0.29) is 101 Å². The normalized spacial score (nSPS) is 13.4. The first-order valence-electron chi connectivity index (χ1n) is 33.2. The number of carbonyl (C=O) groups is 8. The van der Waals surface area contributed by atoms with Crippen LogP contribution in [0.25, 0.3) is 32.7 Å². The number of guanidine groups is 3. The van der Waals surface area contributed by atoms with Crippen molar-refractivity contribution in [2.45, 2.75) is 178 Å². The van der Waals surface area contributed by atoms with Gasteiger partial charge in [0, 0.05) is 103 Å². The summed E-state index contributed by atoms with van der Waals surface area (Å²) in [7, 11) is 0. The first kappa shape index (κ1) is 74.8. The molecule has 7 atom stereocenters. The van der Waals surface area contributed by atoms with Gasteiger partial charge in [-0.3, -0.25) is 53.3 Å². The fraction of sp³-hybridized carbons (Fsp3) is 0.478. The van der Waals surface area contributed by atoms with Gasteiger partial charge in [-0.05, 0) is 99.1 Å². The molecule has 29 nitrogen and oxygen atoms in total. The minimum Gasteiger partial charge on any atom is -0.370 e. The lowest BCUT2D eigenvalue weighted by Gasteiger charge is -2.28. The van der Waals surface area contributed by atoms with Crippen LogP contribution in [0.2, 0.25) is 0 Å². The predicted molar refractivity (Wildman–Crippen MR) is 374 cm³/mol. The molecule has 0 bridgehead atoms. The van der Waals surface area contributed by atoms with Gasteiger partial charge in [-0.25, -0.2) is 0 Å². The third-order valence-corrected chi connectivity index (χ3v) is 16.6. The van der Waals surface area contributed by atoms with Crippen LogP contribution in [0.15, 0.2) is 106 Å². The Morgan fingerprint density at radius 2 is 0.740 bits per heavy atom. The highest BCUT2D eigenvalue weighted by Crippen LogP contribution is 2.23. The largest absolute Gasteiger partial charge is 0.370 e. The van der Waals surface area contributed by atoms with E-state index in [1.165, 1.54) is 19.3 Å². The van der Waals surface area contributed by atoms with E-state index in [1.54, 1.807) is 18.6 Å². The van der Waals surface area contributed by atoms with Crippen molar-refractivity contribution < 1.29 is 38.4 Å². The number of fused-ring (bicyclic) bond motifs is 3. The lowest BCUT2D eigenvalue weighted by molar-refractivity contribution is -0.135. The van der Waals surface area contributed by atoms with Gasteiger partial charge in [0.15, 0.2) is 17.9 Å². The molecule has 0 unspecified atom stereocenters. The van der Waals surface area contributed by atoms with E-state index in [4.69, 9.17) is 45.9 Å². The van der Waals surface area contributed by atoms with Gasteiger partial charge in [0.05, 0.1) is 6.04 Å². The molecule has 0 aliphatic rings. The smallest absolute Gasteiger partial charge is 0.243 e. The van der Waals surface area contributed by atoms with Gasteiger partial charge in [-0.1, -0.05) is 100 Å². The quantitative estimate of drug-likeness (QED) is 0.0146. The van der Waals surface area contributed by atoms with E-state index < -0.39 is 83.6 Å². The number of rotatable bonds is 44. The highest BCUT2D eigenvalue weighted by molar-refractivity contribution is 5.99. The van der Waals surface area contributed by atoms with E-state index in [2.05, 4.69) is 74.1 Å². The first-order chi connectivity index (χ1) is 46.2. The van der Waals surface area contributed by atoms with E-state index in [9.17, 15) is 24.0 Å². The van der Waals surface area contributed by atoms with Crippen LogP contribution in [0.3, 0.4) is 0 Å². The van der Waals surface area contributed by atoms with Crippen molar-refractivity contribution in [1.82, 2.24) is 52.2 Å². The molecule has 0 fully saturated rings. The van der Waals surface area contributed by atoms with Gasteiger partial charge < -0.3 is 98.0 Å². The molecule has 0 spiro atoms. The number of carbonyl (C=O) groups excluding carboxylic acids is 8. The van der Waals surface area contributed by atoms with Crippen LogP contribution in [0.4, 0.5) is 0 Å². The molecular formula is C67H99N21O8. The zero-order chi connectivity index (χ0) is 69.4. The average molecular weight is 1330 g/mol. The third kappa shape index (κ3) is 24.9. The fourth-order valence-electron chi connectivity index (χ4n) is 11.3. The number of hydrogen-bond acceptors (Lipinski definition) is 12. The highest BCUT2D eigenvalue weighted by atomic mass is 16.2. The summed E-state index contributed by atoms with van der Waals surface area (Å²) >= 11 is 0. The Morgan fingerprint density at radius 1 is 0.396 bits per heavy atom. The number of para-hydroxylation sites is 3. The third-order valence-electron chi connectivity index (χ3n) is 16.6. The molecule has 0 aliphatic carbocycles. The van der Waals surface area contributed by atoms with Gasteiger partial charge in [0.2, 0.25) is 47.3 Å². The Morgan fingerprint density at radius 3 is 1.15 bits per heavy atom. The van der Waals surface area contributed by atoms with Crippen LogP contribution < -0.4 is 83.1 Å². The average Bonchev–Trinajstić information content (AvgIpc) is 1.65. The number of aliphatic imine (C=N–C) groups is 3. The van der Waals surface area contributed by atoms with Gasteiger partial charge >= 0.3 is 0 Å². The van der Waals surface area contributed by atoms with Gasteiger partial charge in [-0.15, -0.1) is 0 Å². The number of hydrogen-bond donors (Lipinski definition) is 18. The second-order valence-corrected chi connectivity index (χ2v) is 24.1. The summed E-state index contributed by atoms with van der Waals surface area (Å²) in [4.78, 5) is 136. The second kappa shape index (κ2) is 39.5. The summed E-state index contributed by atoms with van der Waals surface area (Å²) in [6, 6.07) is 12.9. The van der Waals surface area contributed by atoms with Gasteiger partial charge in [0.1, 0.15) is 36.3 Å². The maximum atomic E-state index is 15.3. The Kier molecular flexibility index (Phi) is 30.8. The molecule has 3 aromatic heterocycles. The molecule has 26 N–H and O–H groups in total. The summed E-state index contributed by atoms with van der Waals surface area (Å²) in [5.74, 6) is -6.02. The fourth-order valence-corrected chi connectivity index (χ4v) is 11.3. The maximum Gasteiger partial charge on any atom is 0.243 e. The summed E-state index contributed by atoms with van der Waals surface area (Å²) in [6.07, 6.45) is 14.6. The SMILES string of the molecule is CCCCCCCCCC(=O)NCCCC[C@H](NC(=O)[C@@H](Cc1c[nH]c2ccccc12)NC(=O)[C@@H](CCCN=C(N)N)NC(=O)[C@@H](Cc1c[nH]c2ccccc12)NC(=O)[C@@H](CCCN=C(N)N)NC(=O)[C@H](Cc1c[nH]c2ccccc12)NC(=O)[C@H](N)CCCN=C(N)N)C(N)=O. The van der Waals surface area contributed by atoms with Gasteiger partial charge in [-0.2, -0.15) is 0 Å². The maximum absolute atomic E-state index is 15.3. The number of aromatic amines is 3. The molecule has 0 saturated heterocycles. The van der Waals surface area contributed by atoms with Crippen LogP contribution in [0, 0.1) is 0 Å². The number of benzene rings is 3. The molecule has 96 heavy (non-hydrogen) atoms. The van der Waals surface area contributed by atoms with Crippen LogP contribution in [0.5, 0.6) is 0 Å². The van der Waals surface area contributed by atoms with Crippen molar-refractivity contribution in [3.8, 4) is 0 Å². The zero-order valence-electron chi connectivity index (χ0n) is 54.9. The minimum atomic E-state index is -1.46. The molecular weight excluding hydrogens is 1230 g/mol. The minimum absolute atomic E-state index is 0.0360. The number of unbranched alkanes of at least 4 members (excludes halogenated alkanes) is 7. The van der Waals surface area contributed by atoms with Crippen LogP contribution in [-0.4, -0.2) is 149 Å². The predicted octanol–water partition coefficient (Wildman–Crippen LogP) is 1.47. The van der Waals surface area contributed by atoms with Crippen molar-refractivity contribution in [1.29, 1.82) is 0 Å². The lowest BCUT2D eigenvalue weighted by atomic mass is 10.0. The molecule has 0 radical (unpaired) electrons. The first-order valence-corrected chi connectivity index (χ1v) is 33.2. The number of H-pyrrole nitrogens is 3. The second-order valence-electron chi connectivity index (χ2n) is 24.1.